The number of methoxy groups -OCH3 is 3. The summed E-state index contributed by atoms with van der Waals surface area (Å²) in [5, 5.41) is 0.991. The molecule has 0 spiro atoms. The van der Waals surface area contributed by atoms with Gasteiger partial charge >= 0.3 is 5.97 Å². The molecule has 0 radical (unpaired) electrons. The van der Waals surface area contributed by atoms with Gasteiger partial charge in [0.15, 0.2) is 18.4 Å². The number of fused-ring (bicyclic) bond motifs is 8. The lowest BCUT2D eigenvalue weighted by molar-refractivity contribution is -0.314. The highest BCUT2D eigenvalue weighted by molar-refractivity contribution is 7.11. The molecule has 344 valence electrons. The third-order valence-corrected chi connectivity index (χ3v) is 16.2. The first-order valence-electron chi connectivity index (χ1n) is 23.2. The van der Waals surface area contributed by atoms with Gasteiger partial charge in [0.05, 0.1) is 48.1 Å². The molecule has 6 aliphatic rings. The average molecular weight is 883 g/mol. The van der Waals surface area contributed by atoms with E-state index in [9.17, 15) is 4.79 Å². The minimum atomic E-state index is -0.638. The molecule has 17 atom stereocenters. The van der Waals surface area contributed by atoms with Gasteiger partial charge in [0.1, 0.15) is 35.9 Å². The van der Waals surface area contributed by atoms with Crippen LogP contribution in [0.15, 0.2) is 28.2 Å². The number of aromatic nitrogens is 1. The van der Waals surface area contributed by atoms with Crippen molar-refractivity contribution in [1.82, 2.24) is 9.88 Å². The zero-order valence-electron chi connectivity index (χ0n) is 38.4. The summed E-state index contributed by atoms with van der Waals surface area (Å²) in [5.41, 5.74) is 1.75. The van der Waals surface area contributed by atoms with Gasteiger partial charge in [-0.1, -0.05) is 19.9 Å². The van der Waals surface area contributed by atoms with Crippen LogP contribution in [0.4, 0.5) is 0 Å². The first-order chi connectivity index (χ1) is 29.8. The van der Waals surface area contributed by atoms with E-state index in [1.807, 2.05) is 32.9 Å². The van der Waals surface area contributed by atoms with Crippen molar-refractivity contribution < 1.29 is 51.9 Å². The SMILES string of the molecule is CC[C@H]1CCC[C@H](O[C@H]2CC[C@H](N(C)Cc3ccc(C)o3)[C@@H](C)O2)[C@@H](C)C(=O)C2=C[C@H]3[C@@H]4C[C@H](O[C@@H]5O[C@@H](C)[C@H](OC)[C@@H](OC)[C@H]5OC)C[C@H]4c4sc(C)nc4[C@H]3[C@@H]2CC(=O)O1. The van der Waals surface area contributed by atoms with Crippen LogP contribution in [0.25, 0.3) is 0 Å². The normalized spacial score (nSPS) is 40.2. The number of hydrogen-bond acceptors (Lipinski definition) is 14. The Balaban J connectivity index is 1.03. The third kappa shape index (κ3) is 9.16. The zero-order chi connectivity index (χ0) is 44.0. The Hall–Kier alpha value is -2.53. The van der Waals surface area contributed by atoms with Gasteiger partial charge in [0.2, 0.25) is 0 Å². The van der Waals surface area contributed by atoms with E-state index in [0.29, 0.717) is 19.4 Å². The molecule has 1 saturated carbocycles. The number of Topliss-reactive ketones (excluding diaryl/α,β-unsaturated/α-hetero) is 1. The van der Waals surface area contributed by atoms with Crippen molar-refractivity contribution in [3.8, 4) is 0 Å². The fraction of sp³-hybridized carbons (Fsp3) is 0.771. The predicted octanol–water partition coefficient (Wildman–Crippen LogP) is 7.80. The maximum absolute atomic E-state index is 15.1. The van der Waals surface area contributed by atoms with Crippen LogP contribution in [0, 0.1) is 37.5 Å². The fourth-order valence-electron chi connectivity index (χ4n) is 12.0. The number of nitrogens with zero attached hydrogens (tertiary/aromatic N) is 2. The van der Waals surface area contributed by atoms with E-state index < -0.39 is 24.6 Å². The second-order valence-electron chi connectivity index (χ2n) is 18.9. The molecule has 62 heavy (non-hydrogen) atoms. The number of hydrogen-bond donors (Lipinski definition) is 0. The molecule has 0 unspecified atom stereocenters. The summed E-state index contributed by atoms with van der Waals surface area (Å²) < 4.78 is 56.4. The minimum Gasteiger partial charge on any atom is -0.465 e. The lowest BCUT2D eigenvalue weighted by Gasteiger charge is -2.44. The van der Waals surface area contributed by atoms with Crippen LogP contribution in [-0.2, 0) is 54.0 Å². The molecule has 3 saturated heterocycles. The Morgan fingerprint density at radius 2 is 1.66 bits per heavy atom. The number of aryl methyl sites for hydroxylation is 2. The lowest BCUT2D eigenvalue weighted by atomic mass is 9.67. The van der Waals surface area contributed by atoms with E-state index in [2.05, 4.69) is 38.8 Å². The number of ether oxygens (including phenoxy) is 8. The van der Waals surface area contributed by atoms with Crippen LogP contribution in [0.1, 0.15) is 124 Å². The first kappa shape index (κ1) is 46.0. The number of rotatable bonds is 11. The molecule has 13 nitrogen and oxygen atoms in total. The zero-order valence-corrected chi connectivity index (χ0v) is 39.2. The summed E-state index contributed by atoms with van der Waals surface area (Å²) in [6, 6.07) is 4.24. The molecule has 4 fully saturated rings. The van der Waals surface area contributed by atoms with Crippen molar-refractivity contribution in [2.24, 2.45) is 23.7 Å². The van der Waals surface area contributed by atoms with E-state index in [1.165, 1.54) is 4.88 Å². The van der Waals surface area contributed by atoms with Crippen molar-refractivity contribution in [3.63, 3.8) is 0 Å². The van der Waals surface area contributed by atoms with Crippen LogP contribution >= 0.6 is 11.3 Å². The number of furan rings is 1. The molecular formula is C48H70N2O11S. The molecular weight excluding hydrogens is 813 g/mol. The van der Waals surface area contributed by atoms with Gasteiger partial charge in [-0.05, 0) is 116 Å². The topological polar surface area (TPSA) is 137 Å². The van der Waals surface area contributed by atoms with Crippen molar-refractivity contribution in [2.75, 3.05) is 28.4 Å². The van der Waals surface area contributed by atoms with Gasteiger partial charge in [-0.3, -0.25) is 14.5 Å². The number of carbonyl (C=O) groups is 2. The van der Waals surface area contributed by atoms with Gasteiger partial charge in [-0.25, -0.2) is 4.98 Å². The first-order valence-corrected chi connectivity index (χ1v) is 24.0. The van der Waals surface area contributed by atoms with Gasteiger partial charge in [-0.15, -0.1) is 11.3 Å². The predicted molar refractivity (Wildman–Crippen MR) is 232 cm³/mol. The molecule has 0 N–H and O–H groups in total. The summed E-state index contributed by atoms with van der Waals surface area (Å²) in [5.74, 6) is 1.15. The van der Waals surface area contributed by atoms with E-state index >= 15 is 4.79 Å². The molecule has 0 amide bonds. The molecule has 0 bridgehead atoms. The summed E-state index contributed by atoms with van der Waals surface area (Å²) in [7, 11) is 7.10. The maximum Gasteiger partial charge on any atom is 0.306 e. The third-order valence-electron chi connectivity index (χ3n) is 15.1. The van der Waals surface area contributed by atoms with E-state index in [-0.39, 0.29) is 96.5 Å². The Kier molecular flexibility index (Phi) is 14.5. The maximum atomic E-state index is 15.1. The summed E-state index contributed by atoms with van der Waals surface area (Å²) in [4.78, 5) is 37.8. The number of carbonyl (C=O) groups excluding carboxylic acids is 2. The molecule has 14 heteroatoms. The van der Waals surface area contributed by atoms with Crippen LogP contribution in [0.3, 0.4) is 0 Å². The van der Waals surface area contributed by atoms with Gasteiger partial charge in [0, 0.05) is 55.9 Å². The van der Waals surface area contributed by atoms with Crippen LogP contribution < -0.4 is 0 Å². The molecule has 3 aliphatic carbocycles. The summed E-state index contributed by atoms with van der Waals surface area (Å²) in [6.07, 6.45) is 5.26. The fourth-order valence-corrected chi connectivity index (χ4v) is 13.2. The van der Waals surface area contributed by atoms with E-state index in [0.717, 1.165) is 66.3 Å². The number of esters is 1. The van der Waals surface area contributed by atoms with Crippen molar-refractivity contribution >= 4 is 23.1 Å². The number of thiazole rings is 1. The molecule has 5 heterocycles. The minimum absolute atomic E-state index is 0.00794. The monoisotopic (exact) mass is 882 g/mol. The molecule has 8 rings (SSSR count). The van der Waals surface area contributed by atoms with Crippen LogP contribution in [0.5, 0.6) is 0 Å². The second-order valence-corrected chi connectivity index (χ2v) is 20.2. The summed E-state index contributed by atoms with van der Waals surface area (Å²) in [6.45, 7) is 12.9. The molecule has 0 aromatic carbocycles. The van der Waals surface area contributed by atoms with Gasteiger partial charge < -0.3 is 42.3 Å². The van der Waals surface area contributed by atoms with Crippen molar-refractivity contribution in [2.45, 2.75) is 185 Å². The quantitative estimate of drug-likeness (QED) is 0.203. The average Bonchev–Trinajstić information content (AvgIpc) is 4.03. The highest BCUT2D eigenvalue weighted by Gasteiger charge is 2.57. The van der Waals surface area contributed by atoms with Crippen molar-refractivity contribution in [3.05, 3.63) is 50.9 Å². The van der Waals surface area contributed by atoms with Crippen LogP contribution in [-0.4, -0.2) is 117 Å². The Labute approximate surface area is 371 Å². The Bertz CT molecular complexity index is 1900. The second kappa shape index (κ2) is 19.5. The highest BCUT2D eigenvalue weighted by atomic mass is 32.1. The van der Waals surface area contributed by atoms with Gasteiger partial charge in [0.25, 0.3) is 0 Å². The smallest absolute Gasteiger partial charge is 0.306 e. The standard InChI is InChI=1S/C48H70N2O11S/c1-11-29-13-12-14-38(61-40-18-17-37(26(4)57-40)50(7)23-30-16-15-24(2)56-30)25(3)43(52)35-21-33-32-19-31(60-48-46(55-10)45(54-9)44(53-8)27(5)58-48)20-36(32)47-42(49-28(6)62-47)41(33)34(35)22-39(51)59-29/h15-16,21,25-27,29,31-34,36-38,40-41,44-46,48H,11-14,17-20,22-23H2,1-10H3/t25-,26-,27+,29+,31+,32+,33+,34-,36-,37+,38+,40+,41-,44+,45-,46-,48+/m1/s1. The Morgan fingerprint density at radius 3 is 2.35 bits per heavy atom. The largest absolute Gasteiger partial charge is 0.465 e. The summed E-state index contributed by atoms with van der Waals surface area (Å²) >= 11 is 1.74. The molecule has 3 aliphatic heterocycles. The number of allylic oxidation sites excluding steroid dienone is 2. The molecule has 2 aromatic rings. The Morgan fingerprint density at radius 1 is 0.887 bits per heavy atom. The lowest BCUT2D eigenvalue weighted by Crippen LogP contribution is -2.59. The van der Waals surface area contributed by atoms with E-state index in [4.69, 9.17) is 47.3 Å². The number of likely N-dealkylation sites (N-methyl/N-ethyl adjacent to an activating group) is 1. The number of ketones is 1. The van der Waals surface area contributed by atoms with Crippen LogP contribution in [0.2, 0.25) is 0 Å². The van der Waals surface area contributed by atoms with Crippen molar-refractivity contribution in [1.29, 1.82) is 0 Å². The number of cyclic esters (lactones) is 1. The highest BCUT2D eigenvalue weighted by Crippen LogP contribution is 2.62. The molecule has 2 aromatic heterocycles. The van der Waals surface area contributed by atoms with E-state index in [1.54, 1.807) is 32.7 Å². The van der Waals surface area contributed by atoms with Gasteiger partial charge in [-0.2, -0.15) is 0 Å².